The van der Waals surface area contributed by atoms with Crippen molar-refractivity contribution in [3.05, 3.63) is 24.8 Å². The summed E-state index contributed by atoms with van der Waals surface area (Å²) in [5.74, 6) is 2.13. The van der Waals surface area contributed by atoms with Gasteiger partial charge in [-0.15, -0.1) is 0 Å². The molecule has 0 aliphatic rings. The van der Waals surface area contributed by atoms with Gasteiger partial charge in [-0.2, -0.15) is 0 Å². The summed E-state index contributed by atoms with van der Waals surface area (Å²) in [6.45, 7) is 9.85. The topological polar surface area (TPSA) is 71.1 Å². The fraction of sp³-hybridized carbons (Fsp3) is 0.500. The molecule has 0 amide bonds. The number of rotatable bonds is 8. The summed E-state index contributed by atoms with van der Waals surface area (Å²) in [7, 11) is -7.35. The van der Waals surface area contributed by atoms with Crippen molar-refractivity contribution in [2.24, 2.45) is 0 Å². The van der Waals surface area contributed by atoms with Crippen molar-refractivity contribution < 1.29 is 26.6 Å². The third kappa shape index (κ3) is 5.44. The molecule has 100 valence electrons. The van der Waals surface area contributed by atoms with E-state index in [1.165, 1.54) is 14.2 Å². The SMILES string of the molecule is C=CP(=O)(OC)O[Si](C)(C)OP(=O)(C=C)OC. The van der Waals surface area contributed by atoms with Gasteiger partial charge in [0.25, 0.3) is 0 Å². The van der Waals surface area contributed by atoms with Gasteiger partial charge >= 0.3 is 23.8 Å². The summed E-state index contributed by atoms with van der Waals surface area (Å²) in [6.07, 6.45) is 0. The van der Waals surface area contributed by atoms with Crippen LogP contribution in [0.3, 0.4) is 0 Å². The zero-order valence-electron chi connectivity index (χ0n) is 10.4. The van der Waals surface area contributed by atoms with Crippen molar-refractivity contribution in [2.45, 2.75) is 13.1 Å². The molecular formula is C8H18O6P2Si. The Bertz CT molecular complexity index is 346. The highest BCUT2D eigenvalue weighted by molar-refractivity contribution is 7.60. The second-order valence-corrected chi connectivity index (χ2v) is 11.3. The summed E-state index contributed by atoms with van der Waals surface area (Å²) >= 11 is 0. The van der Waals surface area contributed by atoms with Gasteiger partial charge in [-0.3, -0.25) is 9.13 Å². The van der Waals surface area contributed by atoms with Crippen molar-refractivity contribution in [1.29, 1.82) is 0 Å². The quantitative estimate of drug-likeness (QED) is 0.503. The van der Waals surface area contributed by atoms with Crippen LogP contribution in [0.1, 0.15) is 0 Å². The highest BCUT2D eigenvalue weighted by Crippen LogP contribution is 2.56. The minimum Gasteiger partial charge on any atom is -0.320 e. The van der Waals surface area contributed by atoms with Crippen LogP contribution in [0.5, 0.6) is 0 Å². The molecule has 6 nitrogen and oxygen atoms in total. The van der Waals surface area contributed by atoms with Crippen LogP contribution < -0.4 is 0 Å². The van der Waals surface area contributed by atoms with E-state index in [1.54, 1.807) is 13.1 Å². The van der Waals surface area contributed by atoms with Gasteiger partial charge in [-0.1, -0.05) is 13.2 Å². The molecule has 0 bridgehead atoms. The Labute approximate surface area is 103 Å². The number of hydrogen-bond acceptors (Lipinski definition) is 6. The van der Waals surface area contributed by atoms with E-state index in [4.69, 9.17) is 17.5 Å². The molecule has 0 aromatic rings. The molecule has 0 saturated carbocycles. The summed E-state index contributed by atoms with van der Waals surface area (Å²) in [6, 6.07) is 0. The third-order valence-electron chi connectivity index (χ3n) is 1.65. The molecule has 17 heavy (non-hydrogen) atoms. The molecule has 0 saturated heterocycles. The largest absolute Gasteiger partial charge is 0.348 e. The van der Waals surface area contributed by atoms with E-state index in [0.29, 0.717) is 0 Å². The minimum absolute atomic E-state index is 1.07. The Morgan fingerprint density at radius 1 is 0.941 bits per heavy atom. The lowest BCUT2D eigenvalue weighted by Crippen LogP contribution is -2.32. The Hall–Kier alpha value is -0.00312. The van der Waals surface area contributed by atoms with Crippen molar-refractivity contribution in [1.82, 2.24) is 0 Å². The summed E-state index contributed by atoms with van der Waals surface area (Å²) < 4.78 is 43.7. The van der Waals surface area contributed by atoms with Crippen LogP contribution in [-0.4, -0.2) is 22.8 Å². The Balaban J connectivity index is 4.93. The van der Waals surface area contributed by atoms with Crippen LogP contribution in [0, 0.1) is 0 Å². The Kier molecular flexibility index (Phi) is 6.25. The standard InChI is InChI=1S/C8H18O6P2Si/c1-7-15(9,11-3)13-17(5,6)14-16(10,8-2)12-4/h7-8H,1-2H2,3-6H3. The van der Waals surface area contributed by atoms with E-state index < -0.39 is 23.8 Å². The van der Waals surface area contributed by atoms with E-state index in [-0.39, 0.29) is 0 Å². The van der Waals surface area contributed by atoms with Crippen LogP contribution in [0.15, 0.2) is 24.8 Å². The molecule has 0 aromatic carbocycles. The maximum atomic E-state index is 11.9. The monoisotopic (exact) mass is 300 g/mol. The third-order valence-corrected chi connectivity index (χ3v) is 9.12. The normalized spacial score (nSPS) is 19.1. The van der Waals surface area contributed by atoms with Gasteiger partial charge in [0, 0.05) is 25.9 Å². The first-order valence-corrected chi connectivity index (χ1v) is 10.7. The molecule has 2 unspecified atom stereocenters. The van der Waals surface area contributed by atoms with E-state index in [0.717, 1.165) is 11.6 Å². The molecule has 0 fully saturated rings. The van der Waals surface area contributed by atoms with Crippen molar-refractivity contribution in [3.63, 3.8) is 0 Å². The lowest BCUT2D eigenvalue weighted by atomic mass is 11.3. The molecule has 0 aliphatic heterocycles. The van der Waals surface area contributed by atoms with Crippen molar-refractivity contribution in [3.8, 4) is 0 Å². The van der Waals surface area contributed by atoms with Crippen molar-refractivity contribution >= 4 is 23.8 Å². The average molecular weight is 300 g/mol. The molecular weight excluding hydrogens is 282 g/mol. The van der Waals surface area contributed by atoms with E-state index in [9.17, 15) is 9.13 Å². The molecule has 0 aliphatic carbocycles. The van der Waals surface area contributed by atoms with Gasteiger partial charge in [-0.25, -0.2) is 0 Å². The molecule has 0 heterocycles. The highest BCUT2D eigenvalue weighted by Gasteiger charge is 2.40. The van der Waals surface area contributed by atoms with Gasteiger partial charge < -0.3 is 17.5 Å². The molecule has 2 atom stereocenters. The van der Waals surface area contributed by atoms with Gasteiger partial charge in [0.2, 0.25) is 0 Å². The summed E-state index contributed by atoms with van der Waals surface area (Å²) in [5, 5.41) is 0. The van der Waals surface area contributed by atoms with Gasteiger partial charge in [0.05, 0.1) is 0 Å². The van der Waals surface area contributed by atoms with Gasteiger partial charge in [-0.05, 0) is 13.1 Å². The predicted octanol–water partition coefficient (Wildman–Crippen LogP) is 3.69. The maximum absolute atomic E-state index is 11.9. The average Bonchev–Trinajstić information content (AvgIpc) is 2.27. The summed E-state index contributed by atoms with van der Waals surface area (Å²) in [5.41, 5.74) is 0. The zero-order chi connectivity index (χ0) is 13.7. The van der Waals surface area contributed by atoms with E-state index in [2.05, 4.69) is 13.2 Å². The highest BCUT2D eigenvalue weighted by atomic mass is 31.2. The fourth-order valence-corrected chi connectivity index (χ4v) is 7.75. The summed E-state index contributed by atoms with van der Waals surface area (Å²) in [4.78, 5) is 0. The first-order chi connectivity index (χ1) is 7.66. The van der Waals surface area contributed by atoms with Crippen LogP contribution in [-0.2, 0) is 26.6 Å². The second kappa shape index (κ2) is 6.25. The van der Waals surface area contributed by atoms with Gasteiger partial charge in [0.1, 0.15) is 0 Å². The molecule has 0 radical (unpaired) electrons. The fourth-order valence-electron chi connectivity index (χ4n) is 0.928. The van der Waals surface area contributed by atoms with Crippen LogP contribution >= 0.6 is 15.2 Å². The van der Waals surface area contributed by atoms with Crippen LogP contribution in [0.4, 0.5) is 0 Å². The first kappa shape index (κ1) is 17.0. The first-order valence-electron chi connectivity index (χ1n) is 4.65. The van der Waals surface area contributed by atoms with E-state index >= 15 is 0 Å². The zero-order valence-corrected chi connectivity index (χ0v) is 13.2. The van der Waals surface area contributed by atoms with Crippen LogP contribution in [0.25, 0.3) is 0 Å². The number of hydrogen-bond donors (Lipinski definition) is 0. The Morgan fingerprint density at radius 2 is 1.24 bits per heavy atom. The van der Waals surface area contributed by atoms with Crippen LogP contribution in [0.2, 0.25) is 13.1 Å². The van der Waals surface area contributed by atoms with Gasteiger partial charge in [0.15, 0.2) is 0 Å². The smallest absolute Gasteiger partial charge is 0.320 e. The molecule has 0 rings (SSSR count). The second-order valence-electron chi connectivity index (χ2n) is 3.39. The minimum atomic E-state index is -3.42. The molecule has 0 spiro atoms. The lowest BCUT2D eigenvalue weighted by Gasteiger charge is -2.27. The molecule has 9 heteroatoms. The van der Waals surface area contributed by atoms with E-state index in [1.807, 2.05) is 0 Å². The molecule has 0 aromatic heterocycles. The maximum Gasteiger partial charge on any atom is 0.348 e. The molecule has 0 N–H and O–H groups in total. The predicted molar refractivity (Wildman–Crippen MR) is 69.3 cm³/mol. The Morgan fingerprint density at radius 3 is 1.41 bits per heavy atom. The van der Waals surface area contributed by atoms with Crippen molar-refractivity contribution in [2.75, 3.05) is 14.2 Å². The lowest BCUT2D eigenvalue weighted by molar-refractivity contribution is 0.279.